The third-order valence-corrected chi connectivity index (χ3v) is 3.92. The number of nitrogens with two attached hydrogens (primary N) is 1. The molecular formula is C13H15ClF3N. The third kappa shape index (κ3) is 2.64. The number of hydrogen-bond acceptors (Lipinski definition) is 1. The monoisotopic (exact) mass is 277 g/mol. The van der Waals surface area contributed by atoms with Gasteiger partial charge in [-0.25, -0.2) is 0 Å². The minimum Gasteiger partial charge on any atom is -0.321 e. The van der Waals surface area contributed by atoms with Crippen LogP contribution in [0.15, 0.2) is 18.2 Å². The van der Waals surface area contributed by atoms with Crippen molar-refractivity contribution in [2.24, 2.45) is 5.73 Å². The maximum Gasteiger partial charge on any atom is 0.417 e. The molecule has 1 aliphatic rings. The van der Waals surface area contributed by atoms with Gasteiger partial charge >= 0.3 is 6.18 Å². The summed E-state index contributed by atoms with van der Waals surface area (Å²) in [7, 11) is 0. The van der Waals surface area contributed by atoms with E-state index in [9.17, 15) is 13.2 Å². The summed E-state index contributed by atoms with van der Waals surface area (Å²) in [6.45, 7) is 0. The van der Waals surface area contributed by atoms with Gasteiger partial charge in [-0.1, -0.05) is 36.9 Å². The molecule has 1 aromatic rings. The molecule has 2 rings (SSSR count). The lowest BCUT2D eigenvalue weighted by Crippen LogP contribution is -2.38. The van der Waals surface area contributed by atoms with E-state index in [1.165, 1.54) is 6.07 Å². The first kappa shape index (κ1) is 13.7. The molecule has 0 radical (unpaired) electrons. The third-order valence-electron chi connectivity index (χ3n) is 3.59. The number of hydrogen-bond donors (Lipinski definition) is 1. The van der Waals surface area contributed by atoms with E-state index in [1.54, 1.807) is 6.07 Å². The van der Waals surface area contributed by atoms with E-state index in [0.717, 1.165) is 38.2 Å². The zero-order valence-corrected chi connectivity index (χ0v) is 10.6. The van der Waals surface area contributed by atoms with E-state index in [0.29, 0.717) is 5.56 Å². The van der Waals surface area contributed by atoms with Crippen LogP contribution in [0.4, 0.5) is 13.2 Å². The van der Waals surface area contributed by atoms with Crippen LogP contribution in [0.5, 0.6) is 0 Å². The first-order chi connectivity index (χ1) is 8.33. The highest BCUT2D eigenvalue weighted by Crippen LogP contribution is 2.40. The Morgan fingerprint density at radius 3 is 2.28 bits per heavy atom. The Bertz CT molecular complexity index is 436. The van der Waals surface area contributed by atoms with Crippen LogP contribution in [0.25, 0.3) is 0 Å². The van der Waals surface area contributed by atoms with Gasteiger partial charge in [-0.2, -0.15) is 13.2 Å². The predicted molar refractivity (Wildman–Crippen MR) is 65.4 cm³/mol. The SMILES string of the molecule is NC1(c2ccc(Cl)c(C(F)(F)F)c2)CCCCC1. The maximum absolute atomic E-state index is 12.8. The summed E-state index contributed by atoms with van der Waals surface area (Å²) in [6.07, 6.45) is 0.0373. The number of alkyl halides is 3. The molecule has 0 aliphatic heterocycles. The molecule has 1 aliphatic carbocycles. The van der Waals surface area contributed by atoms with Gasteiger partial charge in [0.1, 0.15) is 0 Å². The molecule has 0 aromatic heterocycles. The number of halogens is 4. The molecule has 0 bridgehead atoms. The topological polar surface area (TPSA) is 26.0 Å². The number of benzene rings is 1. The van der Waals surface area contributed by atoms with Crippen molar-refractivity contribution < 1.29 is 13.2 Å². The Balaban J connectivity index is 2.40. The Kier molecular flexibility index (Phi) is 3.60. The fraction of sp³-hybridized carbons (Fsp3) is 0.538. The van der Waals surface area contributed by atoms with Crippen molar-refractivity contribution in [2.75, 3.05) is 0 Å². The van der Waals surface area contributed by atoms with Crippen LogP contribution < -0.4 is 5.73 Å². The maximum atomic E-state index is 12.8. The van der Waals surface area contributed by atoms with Gasteiger partial charge in [-0.3, -0.25) is 0 Å². The van der Waals surface area contributed by atoms with Crippen molar-refractivity contribution in [3.63, 3.8) is 0 Å². The average molecular weight is 278 g/mol. The second kappa shape index (κ2) is 4.74. The van der Waals surface area contributed by atoms with Crippen molar-refractivity contribution in [1.29, 1.82) is 0 Å². The van der Waals surface area contributed by atoms with Gasteiger partial charge in [-0.05, 0) is 30.5 Å². The van der Waals surface area contributed by atoms with Crippen molar-refractivity contribution in [1.82, 2.24) is 0 Å². The lowest BCUT2D eigenvalue weighted by atomic mass is 9.77. The summed E-state index contributed by atoms with van der Waals surface area (Å²) in [6, 6.07) is 4.01. The predicted octanol–water partition coefficient (Wildman–Crippen LogP) is 4.48. The molecule has 0 atom stereocenters. The van der Waals surface area contributed by atoms with E-state index in [4.69, 9.17) is 17.3 Å². The molecule has 0 unspecified atom stereocenters. The summed E-state index contributed by atoms with van der Waals surface area (Å²) in [5.41, 5.74) is 5.34. The van der Waals surface area contributed by atoms with Crippen molar-refractivity contribution in [3.8, 4) is 0 Å². The first-order valence-electron chi connectivity index (χ1n) is 5.99. The molecule has 5 heteroatoms. The summed E-state index contributed by atoms with van der Waals surface area (Å²) >= 11 is 5.60. The molecule has 0 amide bonds. The highest BCUT2D eigenvalue weighted by Gasteiger charge is 2.36. The largest absolute Gasteiger partial charge is 0.417 e. The summed E-state index contributed by atoms with van der Waals surface area (Å²) < 4.78 is 38.4. The van der Waals surface area contributed by atoms with E-state index in [2.05, 4.69) is 0 Å². The van der Waals surface area contributed by atoms with Crippen LogP contribution in [0.1, 0.15) is 43.2 Å². The summed E-state index contributed by atoms with van der Waals surface area (Å²) in [5.74, 6) is 0. The first-order valence-corrected chi connectivity index (χ1v) is 6.37. The van der Waals surface area contributed by atoms with Gasteiger partial charge in [0.15, 0.2) is 0 Å². The molecule has 0 spiro atoms. The Hall–Kier alpha value is -0.740. The molecule has 2 N–H and O–H groups in total. The molecule has 0 heterocycles. The number of rotatable bonds is 1. The van der Waals surface area contributed by atoms with Crippen molar-refractivity contribution >= 4 is 11.6 Å². The molecule has 100 valence electrons. The summed E-state index contributed by atoms with van der Waals surface area (Å²) in [5, 5.41) is -0.273. The van der Waals surface area contributed by atoms with Gasteiger partial charge < -0.3 is 5.73 Å². The molecule has 1 aromatic carbocycles. The van der Waals surface area contributed by atoms with Crippen LogP contribution in [0, 0.1) is 0 Å². The van der Waals surface area contributed by atoms with Gasteiger partial charge in [0.2, 0.25) is 0 Å². The molecule has 1 saturated carbocycles. The molecule has 1 nitrogen and oxygen atoms in total. The zero-order valence-electron chi connectivity index (χ0n) is 9.86. The molecule has 0 saturated heterocycles. The smallest absolute Gasteiger partial charge is 0.321 e. The van der Waals surface area contributed by atoms with E-state index in [1.807, 2.05) is 0 Å². The van der Waals surface area contributed by atoms with E-state index >= 15 is 0 Å². The van der Waals surface area contributed by atoms with Crippen LogP contribution in [0.3, 0.4) is 0 Å². The second-order valence-electron chi connectivity index (χ2n) is 4.91. The second-order valence-corrected chi connectivity index (χ2v) is 5.32. The Morgan fingerprint density at radius 1 is 1.11 bits per heavy atom. The van der Waals surface area contributed by atoms with Crippen molar-refractivity contribution in [2.45, 2.75) is 43.8 Å². The lowest BCUT2D eigenvalue weighted by Gasteiger charge is -2.34. The summed E-state index contributed by atoms with van der Waals surface area (Å²) in [4.78, 5) is 0. The zero-order chi connectivity index (χ0) is 13.4. The highest BCUT2D eigenvalue weighted by atomic mass is 35.5. The fourth-order valence-corrected chi connectivity index (χ4v) is 2.75. The Labute approximate surface area is 109 Å². The van der Waals surface area contributed by atoms with E-state index < -0.39 is 17.3 Å². The quantitative estimate of drug-likeness (QED) is 0.805. The van der Waals surface area contributed by atoms with Crippen LogP contribution in [-0.2, 0) is 11.7 Å². The van der Waals surface area contributed by atoms with Gasteiger partial charge in [-0.15, -0.1) is 0 Å². The lowest BCUT2D eigenvalue weighted by molar-refractivity contribution is -0.137. The van der Waals surface area contributed by atoms with Crippen LogP contribution in [0.2, 0.25) is 5.02 Å². The Morgan fingerprint density at radius 2 is 1.72 bits per heavy atom. The normalized spacial score (nSPS) is 19.8. The average Bonchev–Trinajstić information content (AvgIpc) is 2.28. The fourth-order valence-electron chi connectivity index (χ4n) is 2.52. The minimum atomic E-state index is -4.43. The van der Waals surface area contributed by atoms with Gasteiger partial charge in [0.25, 0.3) is 0 Å². The minimum absolute atomic E-state index is 0.273. The highest BCUT2D eigenvalue weighted by molar-refractivity contribution is 6.31. The molecule has 1 fully saturated rings. The molecule has 18 heavy (non-hydrogen) atoms. The van der Waals surface area contributed by atoms with Crippen LogP contribution in [-0.4, -0.2) is 0 Å². The van der Waals surface area contributed by atoms with Gasteiger partial charge in [0.05, 0.1) is 10.6 Å². The standard InChI is InChI=1S/C13H15ClF3N/c14-11-5-4-9(8-10(11)13(15,16)17)12(18)6-2-1-3-7-12/h4-5,8H,1-3,6-7,18H2. The van der Waals surface area contributed by atoms with E-state index in [-0.39, 0.29) is 5.02 Å². The van der Waals surface area contributed by atoms with Crippen molar-refractivity contribution in [3.05, 3.63) is 34.3 Å². The molecular weight excluding hydrogens is 263 g/mol. The van der Waals surface area contributed by atoms with Crippen LogP contribution >= 0.6 is 11.6 Å². The van der Waals surface area contributed by atoms with Gasteiger partial charge in [0, 0.05) is 5.54 Å².